The van der Waals surface area contributed by atoms with Gasteiger partial charge in [0.2, 0.25) is 0 Å². The van der Waals surface area contributed by atoms with Crippen LogP contribution in [0.15, 0.2) is 30.3 Å². The van der Waals surface area contributed by atoms with Crippen molar-refractivity contribution in [2.24, 2.45) is 17.6 Å². The second-order valence-electron chi connectivity index (χ2n) is 9.84. The van der Waals surface area contributed by atoms with Gasteiger partial charge in [0.25, 0.3) is 5.91 Å². The van der Waals surface area contributed by atoms with Gasteiger partial charge in [0.1, 0.15) is 17.3 Å². The van der Waals surface area contributed by atoms with Crippen LogP contribution < -0.4 is 21.1 Å². The first-order valence-electron chi connectivity index (χ1n) is 12.5. The highest BCUT2D eigenvalue weighted by Crippen LogP contribution is 2.36. The third-order valence-electron chi connectivity index (χ3n) is 6.68. The van der Waals surface area contributed by atoms with E-state index >= 15 is 0 Å². The van der Waals surface area contributed by atoms with Gasteiger partial charge in [0.15, 0.2) is 0 Å². The van der Waals surface area contributed by atoms with Crippen molar-refractivity contribution in [3.05, 3.63) is 40.9 Å². The average molecular weight is 536 g/mol. The molecule has 1 saturated heterocycles. The third-order valence-corrected chi connectivity index (χ3v) is 7.00. The van der Waals surface area contributed by atoms with Gasteiger partial charge in [-0.3, -0.25) is 9.59 Å². The van der Waals surface area contributed by atoms with E-state index in [1.54, 1.807) is 26.8 Å². The van der Waals surface area contributed by atoms with Crippen LogP contribution in [0.5, 0.6) is 5.75 Å². The monoisotopic (exact) mass is 535 g/mol. The largest absolute Gasteiger partial charge is 0.492 e. The molecule has 0 radical (unpaired) electrons. The van der Waals surface area contributed by atoms with Crippen molar-refractivity contribution in [1.29, 1.82) is 0 Å². The number of hydrogen-bond donors (Lipinski definition) is 5. The lowest BCUT2D eigenvalue weighted by atomic mass is 9.97. The maximum atomic E-state index is 13.1. The fourth-order valence-corrected chi connectivity index (χ4v) is 4.05. The molecule has 2 atom stereocenters. The number of carboxylic acids is 2. The molecule has 1 fully saturated rings. The number of aliphatic carboxylic acids is 2. The Morgan fingerprint density at radius 2 is 1.78 bits per heavy atom. The Kier molecular flexibility index (Phi) is 11.2. The Labute approximate surface area is 222 Å². The summed E-state index contributed by atoms with van der Waals surface area (Å²) in [6, 6.07) is 8.34. The summed E-state index contributed by atoms with van der Waals surface area (Å²) in [5.74, 6) is -1.65. The minimum Gasteiger partial charge on any atom is -0.492 e. The molecule has 0 aromatic heterocycles. The summed E-state index contributed by atoms with van der Waals surface area (Å²) in [4.78, 5) is 34.7. The van der Waals surface area contributed by atoms with Crippen molar-refractivity contribution < 1.29 is 29.3 Å². The third kappa shape index (κ3) is 8.05. The van der Waals surface area contributed by atoms with E-state index in [4.69, 9.17) is 27.2 Å². The zero-order chi connectivity index (χ0) is 27.8. The van der Waals surface area contributed by atoms with Gasteiger partial charge in [-0.1, -0.05) is 56.6 Å². The van der Waals surface area contributed by atoms with Crippen molar-refractivity contribution in [3.8, 4) is 5.75 Å². The van der Waals surface area contributed by atoms with Crippen molar-refractivity contribution in [2.45, 2.75) is 58.5 Å². The minimum atomic E-state index is -1.37. The first-order valence-corrected chi connectivity index (χ1v) is 12.9. The van der Waals surface area contributed by atoms with Crippen LogP contribution in [0.4, 0.5) is 0 Å². The lowest BCUT2D eigenvalue weighted by Gasteiger charge is -2.26. The zero-order valence-electron chi connectivity index (χ0n) is 21.8. The number of carbonyl (C=O) groups is 3. The van der Waals surface area contributed by atoms with Gasteiger partial charge in [0, 0.05) is 15.8 Å². The van der Waals surface area contributed by atoms with Gasteiger partial charge < -0.3 is 31.3 Å². The smallest absolute Gasteiger partial charge is 0.329 e. The van der Waals surface area contributed by atoms with Crippen molar-refractivity contribution >= 4 is 40.2 Å². The van der Waals surface area contributed by atoms with E-state index in [9.17, 15) is 19.5 Å². The first-order chi connectivity index (χ1) is 17.4. The van der Waals surface area contributed by atoms with Crippen molar-refractivity contribution in [3.63, 3.8) is 0 Å². The van der Waals surface area contributed by atoms with Crippen molar-refractivity contribution in [1.82, 2.24) is 10.6 Å². The topological polar surface area (TPSA) is 151 Å². The number of nitrogens with one attached hydrogen (secondary N) is 2. The average Bonchev–Trinajstić information content (AvgIpc) is 2.88. The van der Waals surface area contributed by atoms with E-state index in [1.165, 1.54) is 6.92 Å². The van der Waals surface area contributed by atoms with Gasteiger partial charge >= 0.3 is 11.9 Å². The summed E-state index contributed by atoms with van der Waals surface area (Å²) in [6.45, 7) is 9.17. The van der Waals surface area contributed by atoms with E-state index in [1.807, 2.05) is 24.3 Å². The molecule has 1 heterocycles. The van der Waals surface area contributed by atoms with E-state index in [2.05, 4.69) is 10.6 Å². The second kappa shape index (κ2) is 13.6. The van der Waals surface area contributed by atoms with Gasteiger partial charge in [-0.2, -0.15) is 0 Å². The Hall–Kier alpha value is -2.88. The second-order valence-corrected chi connectivity index (χ2v) is 10.2. The number of halogens is 1. The highest BCUT2D eigenvalue weighted by molar-refractivity contribution is 6.36. The summed E-state index contributed by atoms with van der Waals surface area (Å²) in [6.07, 6.45) is 2.28. The molecule has 1 aliphatic rings. The summed E-state index contributed by atoms with van der Waals surface area (Å²) in [7, 11) is 0. The summed E-state index contributed by atoms with van der Waals surface area (Å²) in [5.41, 5.74) is 4.04. The Morgan fingerprint density at radius 1 is 1.19 bits per heavy atom. The molecule has 37 heavy (non-hydrogen) atoms. The number of amides is 1. The molecule has 10 heteroatoms. The maximum Gasteiger partial charge on any atom is 0.329 e. The highest BCUT2D eigenvalue weighted by atomic mass is 35.5. The van der Waals surface area contributed by atoms with Crippen LogP contribution in [0.3, 0.4) is 0 Å². The summed E-state index contributed by atoms with van der Waals surface area (Å²) in [5, 5.41) is 25.7. The lowest BCUT2D eigenvalue weighted by molar-refractivity contribution is -0.144. The van der Waals surface area contributed by atoms with Gasteiger partial charge in [0.05, 0.1) is 12.2 Å². The standard InChI is InChI=1S/C22H27ClN2O4.C5H11NO2/c1-3-22(2,21(27)28)25-20(26)17-12-18(23)15-6-4-5-7-16(15)19(17)29-13-14-8-10-24-11-9-14;1-3(2)4(6)5(7)8/h4-7,12,14,24H,3,8-11,13H2,1-2H3,(H,25,26)(H,27,28);3-4H,6H2,1-2H3,(H,7,8)/t;4-/m.0/s1. The SMILES string of the molecule is CC(C)[C@H](N)C(=O)O.CCC(C)(NC(=O)c1cc(Cl)c2ccccc2c1OCC1CCNCC1)C(=O)O. The van der Waals surface area contributed by atoms with Crippen LogP contribution in [0.25, 0.3) is 10.8 Å². The fraction of sp³-hybridized carbons (Fsp3) is 0.519. The molecule has 2 aromatic carbocycles. The molecule has 3 rings (SSSR count). The number of carboxylic acid groups (broad SMARTS) is 2. The summed E-state index contributed by atoms with van der Waals surface area (Å²) < 4.78 is 6.18. The minimum absolute atomic E-state index is 0.0208. The molecule has 204 valence electrons. The number of piperidine rings is 1. The molecule has 1 amide bonds. The van der Waals surface area contributed by atoms with Crippen LogP contribution >= 0.6 is 11.6 Å². The van der Waals surface area contributed by atoms with Gasteiger partial charge in [-0.15, -0.1) is 0 Å². The van der Waals surface area contributed by atoms with E-state index < -0.39 is 29.4 Å². The number of rotatable bonds is 9. The van der Waals surface area contributed by atoms with Gasteiger partial charge in [-0.25, -0.2) is 4.79 Å². The number of ether oxygens (including phenoxy) is 1. The highest BCUT2D eigenvalue weighted by Gasteiger charge is 2.34. The molecule has 1 aliphatic heterocycles. The summed E-state index contributed by atoms with van der Waals surface area (Å²) >= 11 is 6.43. The molecule has 2 aromatic rings. The molecule has 9 nitrogen and oxygen atoms in total. The Balaban J connectivity index is 0.000000521. The molecule has 0 bridgehead atoms. The zero-order valence-corrected chi connectivity index (χ0v) is 22.6. The van der Waals surface area contributed by atoms with Crippen LogP contribution in [-0.2, 0) is 9.59 Å². The normalized spacial score (nSPS) is 16.3. The van der Waals surface area contributed by atoms with E-state index in [0.717, 1.165) is 36.7 Å². The Bertz CT molecular complexity index is 1100. The van der Waals surface area contributed by atoms with Crippen LogP contribution in [-0.4, -0.2) is 59.3 Å². The maximum absolute atomic E-state index is 13.1. The molecule has 0 aliphatic carbocycles. The number of nitrogens with two attached hydrogens (primary N) is 1. The predicted octanol–water partition coefficient (Wildman–Crippen LogP) is 3.91. The molecule has 0 saturated carbocycles. The number of benzene rings is 2. The Morgan fingerprint density at radius 3 is 2.27 bits per heavy atom. The molecule has 6 N–H and O–H groups in total. The fourth-order valence-electron chi connectivity index (χ4n) is 3.77. The number of hydrogen-bond acceptors (Lipinski definition) is 6. The number of carbonyl (C=O) groups excluding carboxylic acids is 1. The van der Waals surface area contributed by atoms with Gasteiger partial charge in [-0.05, 0) is 57.2 Å². The molecular weight excluding hydrogens is 498 g/mol. The van der Waals surface area contributed by atoms with Crippen LogP contribution in [0.2, 0.25) is 5.02 Å². The van der Waals surface area contributed by atoms with Crippen molar-refractivity contribution in [2.75, 3.05) is 19.7 Å². The first kappa shape index (κ1) is 30.3. The van der Waals surface area contributed by atoms with Crippen LogP contribution in [0, 0.1) is 11.8 Å². The van der Waals surface area contributed by atoms with E-state index in [-0.39, 0.29) is 17.9 Å². The number of fused-ring (bicyclic) bond motifs is 1. The quantitative estimate of drug-likeness (QED) is 0.324. The molecular formula is C27H38ClN3O6. The predicted molar refractivity (Wildman–Crippen MR) is 144 cm³/mol. The van der Waals surface area contributed by atoms with Crippen LogP contribution in [0.1, 0.15) is 57.3 Å². The lowest BCUT2D eigenvalue weighted by Crippen LogP contribution is -2.51. The molecule has 0 spiro atoms. The van der Waals surface area contributed by atoms with E-state index in [0.29, 0.717) is 23.3 Å². The molecule has 1 unspecified atom stereocenters.